The maximum absolute atomic E-state index is 14.5. The molecule has 4 aromatic carbocycles. The summed E-state index contributed by atoms with van der Waals surface area (Å²) in [6.45, 7) is 1.95. The van der Waals surface area contributed by atoms with Crippen molar-refractivity contribution in [3.05, 3.63) is 148 Å². The van der Waals surface area contributed by atoms with Gasteiger partial charge in [-0.3, -0.25) is 9.69 Å². The van der Waals surface area contributed by atoms with E-state index < -0.39 is 11.7 Å². The number of carbonyl (C=O) groups excluding carboxylic acids is 1. The van der Waals surface area contributed by atoms with Crippen LogP contribution in [0.3, 0.4) is 0 Å². The zero-order valence-corrected chi connectivity index (χ0v) is 26.5. The Kier molecular flexibility index (Phi) is 9.64. The first kappa shape index (κ1) is 32.7. The zero-order chi connectivity index (χ0) is 34.4. The van der Waals surface area contributed by atoms with E-state index in [1.807, 2.05) is 31.2 Å². The van der Waals surface area contributed by atoms with Gasteiger partial charge in [-0.25, -0.2) is 0 Å². The van der Waals surface area contributed by atoms with Crippen LogP contribution in [0, 0.1) is 29.6 Å². The van der Waals surface area contributed by atoms with Crippen LogP contribution in [0.4, 0.5) is 5.69 Å². The van der Waals surface area contributed by atoms with Gasteiger partial charge in [-0.1, -0.05) is 54.1 Å². The van der Waals surface area contributed by atoms with Crippen molar-refractivity contribution in [1.29, 1.82) is 10.5 Å². The third-order valence-corrected chi connectivity index (χ3v) is 7.93. The molecule has 48 heavy (non-hydrogen) atoms. The summed E-state index contributed by atoms with van der Waals surface area (Å²) in [5.41, 5.74) is 11.6. The second-order valence-electron chi connectivity index (χ2n) is 10.9. The SMILES string of the molecule is COc1cc(C=CC(=O)C2=C(C=Cc3ccc(O)c(OC)c3)N(c3ccc(C)cc3)C(N)=C(C#N)C2c2ccc(C#N)cc2)ccc1O. The molecule has 1 atom stereocenters. The lowest BCUT2D eigenvalue weighted by atomic mass is 9.78. The summed E-state index contributed by atoms with van der Waals surface area (Å²) in [6.07, 6.45) is 6.51. The quantitative estimate of drug-likeness (QED) is 0.168. The number of phenolic OH excluding ortho intramolecular Hbond substituents is 2. The van der Waals surface area contributed by atoms with E-state index in [0.29, 0.717) is 33.6 Å². The number of hydrogen-bond acceptors (Lipinski definition) is 9. The number of carbonyl (C=O) groups is 1. The number of methoxy groups -OCH3 is 2. The number of nitrogens with two attached hydrogens (primary N) is 1. The van der Waals surface area contributed by atoms with Crippen molar-refractivity contribution in [2.45, 2.75) is 12.8 Å². The van der Waals surface area contributed by atoms with Crippen molar-refractivity contribution in [2.75, 3.05) is 19.1 Å². The molecule has 9 nitrogen and oxygen atoms in total. The molecule has 0 fully saturated rings. The zero-order valence-electron chi connectivity index (χ0n) is 26.5. The minimum Gasteiger partial charge on any atom is -0.504 e. The fourth-order valence-corrected chi connectivity index (χ4v) is 5.45. The van der Waals surface area contributed by atoms with E-state index in [1.165, 1.54) is 32.4 Å². The number of allylic oxidation sites excluding steroid dienone is 4. The van der Waals surface area contributed by atoms with Gasteiger partial charge in [0.15, 0.2) is 28.8 Å². The van der Waals surface area contributed by atoms with Crippen LogP contribution in [-0.2, 0) is 4.79 Å². The minimum absolute atomic E-state index is 0.0219. The highest BCUT2D eigenvalue weighted by Crippen LogP contribution is 2.44. The number of aryl methyl sites for hydroxylation is 1. The van der Waals surface area contributed by atoms with Crippen molar-refractivity contribution in [3.8, 4) is 35.1 Å². The highest BCUT2D eigenvalue weighted by molar-refractivity contribution is 6.10. The summed E-state index contributed by atoms with van der Waals surface area (Å²) in [5, 5.41) is 40.2. The van der Waals surface area contributed by atoms with Gasteiger partial charge < -0.3 is 25.4 Å². The molecule has 0 radical (unpaired) electrons. The molecular formula is C39H32N4O5. The average molecular weight is 637 g/mol. The molecule has 1 aliphatic rings. The third kappa shape index (κ3) is 6.62. The van der Waals surface area contributed by atoms with Gasteiger partial charge in [0.25, 0.3) is 0 Å². The molecule has 5 rings (SSSR count). The van der Waals surface area contributed by atoms with Gasteiger partial charge in [-0.2, -0.15) is 10.5 Å². The largest absolute Gasteiger partial charge is 0.504 e. The summed E-state index contributed by atoms with van der Waals surface area (Å²) in [7, 11) is 2.89. The summed E-state index contributed by atoms with van der Waals surface area (Å²) in [6, 6.07) is 28.2. The number of ketones is 1. The molecule has 0 aliphatic carbocycles. The van der Waals surface area contributed by atoms with Crippen molar-refractivity contribution in [1.82, 2.24) is 0 Å². The molecule has 4 aromatic rings. The van der Waals surface area contributed by atoms with Crippen LogP contribution < -0.4 is 20.1 Å². The average Bonchev–Trinajstić information content (AvgIpc) is 3.11. The molecule has 1 aliphatic heterocycles. The van der Waals surface area contributed by atoms with E-state index in [4.69, 9.17) is 15.2 Å². The first-order valence-electron chi connectivity index (χ1n) is 14.8. The predicted molar refractivity (Wildman–Crippen MR) is 184 cm³/mol. The Morgan fingerprint density at radius 1 is 0.812 bits per heavy atom. The molecule has 9 heteroatoms. The van der Waals surface area contributed by atoms with Crippen molar-refractivity contribution in [2.24, 2.45) is 5.73 Å². The highest BCUT2D eigenvalue weighted by atomic mass is 16.5. The van der Waals surface area contributed by atoms with Gasteiger partial charge in [0.2, 0.25) is 0 Å². The van der Waals surface area contributed by atoms with E-state index in [9.17, 15) is 25.5 Å². The Hall–Kier alpha value is -6.71. The lowest BCUT2D eigenvalue weighted by molar-refractivity contribution is -0.111. The molecule has 0 saturated carbocycles. The van der Waals surface area contributed by atoms with E-state index in [2.05, 4.69) is 12.1 Å². The summed E-state index contributed by atoms with van der Waals surface area (Å²) < 4.78 is 10.5. The van der Waals surface area contributed by atoms with Crippen LogP contribution in [0.5, 0.6) is 23.0 Å². The van der Waals surface area contributed by atoms with Crippen LogP contribution in [0.15, 0.2) is 120 Å². The first-order chi connectivity index (χ1) is 23.2. The molecule has 4 N–H and O–H groups in total. The Bertz CT molecular complexity index is 2080. The van der Waals surface area contributed by atoms with Crippen molar-refractivity contribution >= 4 is 23.6 Å². The molecule has 1 unspecified atom stereocenters. The maximum atomic E-state index is 14.5. The Morgan fingerprint density at radius 2 is 1.40 bits per heavy atom. The number of hydrogen-bond donors (Lipinski definition) is 3. The number of anilines is 1. The van der Waals surface area contributed by atoms with Gasteiger partial charge in [0, 0.05) is 11.3 Å². The normalized spacial score (nSPS) is 14.7. The van der Waals surface area contributed by atoms with Crippen LogP contribution in [0.25, 0.3) is 12.2 Å². The van der Waals surface area contributed by atoms with Crippen molar-refractivity contribution < 1.29 is 24.5 Å². The number of benzene rings is 4. The second-order valence-corrected chi connectivity index (χ2v) is 10.9. The standard InChI is InChI=1S/C39H32N4O5/c1-24-4-14-29(15-5-24)43-31(16-8-25-9-17-32(44)35(20-25)47-2)38(34(46)19-11-26-10-18-33(45)36(21-26)48-3)37(30(23-41)39(43)42)28-12-6-27(22-40)7-13-28/h4-21,37,44-45H,42H2,1-3H3. The smallest absolute Gasteiger partial charge is 0.184 e. The van der Waals surface area contributed by atoms with Crippen LogP contribution >= 0.6 is 0 Å². The van der Waals surface area contributed by atoms with Crippen LogP contribution in [0.1, 0.15) is 33.7 Å². The summed E-state index contributed by atoms with van der Waals surface area (Å²) >= 11 is 0. The number of aromatic hydroxyl groups is 2. The number of phenols is 2. The summed E-state index contributed by atoms with van der Waals surface area (Å²) in [5.74, 6) is -0.688. The number of ether oxygens (including phenoxy) is 2. The van der Waals surface area contributed by atoms with E-state index >= 15 is 0 Å². The van der Waals surface area contributed by atoms with Gasteiger partial charge in [0.1, 0.15) is 5.82 Å². The molecule has 0 saturated heterocycles. The van der Waals surface area contributed by atoms with Gasteiger partial charge in [-0.05, 0) is 84.3 Å². The highest BCUT2D eigenvalue weighted by Gasteiger charge is 2.37. The lowest BCUT2D eigenvalue weighted by Gasteiger charge is -2.36. The lowest BCUT2D eigenvalue weighted by Crippen LogP contribution is -2.36. The van der Waals surface area contributed by atoms with E-state index in [-0.39, 0.29) is 40.0 Å². The Labute approximate surface area is 278 Å². The molecule has 0 amide bonds. The fraction of sp³-hybridized carbons (Fsp3) is 0.103. The molecule has 238 valence electrons. The molecule has 0 spiro atoms. The van der Waals surface area contributed by atoms with Crippen molar-refractivity contribution in [3.63, 3.8) is 0 Å². The summed E-state index contributed by atoms with van der Waals surface area (Å²) in [4.78, 5) is 16.2. The topological polar surface area (TPSA) is 153 Å². The number of nitrogens with zero attached hydrogens (tertiary/aromatic N) is 3. The maximum Gasteiger partial charge on any atom is 0.184 e. The predicted octanol–water partition coefficient (Wildman–Crippen LogP) is 6.84. The fourth-order valence-electron chi connectivity index (χ4n) is 5.45. The second kappa shape index (κ2) is 14.2. The van der Waals surface area contributed by atoms with Crippen LogP contribution in [0.2, 0.25) is 0 Å². The number of nitriles is 2. The Balaban J connectivity index is 1.78. The van der Waals surface area contributed by atoms with E-state index in [1.54, 1.807) is 71.7 Å². The molecule has 0 bridgehead atoms. The van der Waals surface area contributed by atoms with E-state index in [0.717, 1.165) is 5.56 Å². The molecule has 1 heterocycles. The minimum atomic E-state index is -0.884. The van der Waals surface area contributed by atoms with Crippen LogP contribution in [-0.4, -0.2) is 30.2 Å². The Morgan fingerprint density at radius 3 is 1.94 bits per heavy atom. The van der Waals surface area contributed by atoms with Gasteiger partial charge in [-0.15, -0.1) is 0 Å². The third-order valence-electron chi connectivity index (χ3n) is 7.93. The monoisotopic (exact) mass is 636 g/mol. The van der Waals surface area contributed by atoms with Gasteiger partial charge in [0.05, 0.1) is 49.1 Å². The number of rotatable bonds is 9. The van der Waals surface area contributed by atoms with Gasteiger partial charge >= 0.3 is 0 Å². The first-order valence-corrected chi connectivity index (χ1v) is 14.8. The molecule has 0 aromatic heterocycles. The molecular weight excluding hydrogens is 604 g/mol.